The largest absolute Gasteiger partial charge is 0.486 e. The summed E-state index contributed by atoms with van der Waals surface area (Å²) in [7, 11) is 0. The molecule has 0 aromatic heterocycles. The third-order valence-corrected chi connectivity index (χ3v) is 2.49. The molecule has 0 aliphatic carbocycles. The molecule has 18 heavy (non-hydrogen) atoms. The van der Waals surface area contributed by atoms with Gasteiger partial charge in [0, 0.05) is 0 Å². The Morgan fingerprint density at radius 3 is 2.28 bits per heavy atom. The van der Waals surface area contributed by atoms with Gasteiger partial charge in [-0.1, -0.05) is 6.07 Å². The van der Waals surface area contributed by atoms with Crippen molar-refractivity contribution in [3.8, 4) is 11.5 Å². The van der Waals surface area contributed by atoms with Gasteiger partial charge < -0.3 is 15.2 Å². The molecule has 2 N–H and O–H groups in total. The van der Waals surface area contributed by atoms with Gasteiger partial charge in [0.2, 0.25) is 0 Å². The molecule has 1 heterocycles. The van der Waals surface area contributed by atoms with Crippen LogP contribution < -0.4 is 15.2 Å². The van der Waals surface area contributed by atoms with E-state index in [4.69, 9.17) is 15.2 Å². The Labute approximate surface area is 108 Å². The number of hydrogen-bond acceptors (Lipinski definition) is 3. The summed E-state index contributed by atoms with van der Waals surface area (Å²) >= 11 is 0. The molecule has 0 spiro atoms. The lowest BCUT2D eigenvalue weighted by atomic mass is 10.0. The molecule has 0 saturated carbocycles. The molecule has 1 aromatic rings. The average molecular weight is 284 g/mol. The van der Waals surface area contributed by atoms with Gasteiger partial charge in [-0.2, -0.15) is 13.2 Å². The first-order valence-corrected chi connectivity index (χ1v) is 5.23. The molecule has 7 heteroatoms. The Morgan fingerprint density at radius 2 is 1.72 bits per heavy atom. The summed E-state index contributed by atoms with van der Waals surface area (Å²) in [5.41, 5.74) is 5.25. The van der Waals surface area contributed by atoms with Crippen molar-refractivity contribution in [3.63, 3.8) is 0 Å². The molecule has 1 aliphatic heterocycles. The van der Waals surface area contributed by atoms with E-state index in [1.54, 1.807) is 0 Å². The van der Waals surface area contributed by atoms with E-state index in [9.17, 15) is 13.2 Å². The molecule has 2 rings (SSSR count). The van der Waals surface area contributed by atoms with Crippen molar-refractivity contribution in [3.05, 3.63) is 23.3 Å². The van der Waals surface area contributed by atoms with Crippen molar-refractivity contribution in [1.82, 2.24) is 0 Å². The zero-order chi connectivity index (χ0) is 12.5. The van der Waals surface area contributed by atoms with Gasteiger partial charge in [-0.05, 0) is 24.6 Å². The lowest BCUT2D eigenvalue weighted by Crippen LogP contribution is -2.21. The van der Waals surface area contributed by atoms with Crippen LogP contribution in [-0.2, 0) is 12.6 Å². The summed E-state index contributed by atoms with van der Waals surface area (Å²) in [4.78, 5) is 0. The summed E-state index contributed by atoms with van der Waals surface area (Å²) in [6.07, 6.45) is -3.98. The van der Waals surface area contributed by atoms with Crippen LogP contribution in [0.15, 0.2) is 12.1 Å². The van der Waals surface area contributed by atoms with Gasteiger partial charge >= 0.3 is 6.18 Å². The maximum absolute atomic E-state index is 12.7. The SMILES string of the molecule is Cl.NCCc1ccc(C(F)(F)F)c2c1OCCO2. The van der Waals surface area contributed by atoms with Crippen LogP contribution in [0.4, 0.5) is 13.2 Å². The highest BCUT2D eigenvalue weighted by molar-refractivity contribution is 5.85. The number of hydrogen-bond donors (Lipinski definition) is 1. The number of alkyl halides is 3. The smallest absolute Gasteiger partial charge is 0.420 e. The summed E-state index contributed by atoms with van der Waals surface area (Å²) in [5, 5.41) is 0. The van der Waals surface area contributed by atoms with Crippen LogP contribution in [-0.4, -0.2) is 19.8 Å². The van der Waals surface area contributed by atoms with E-state index in [1.165, 1.54) is 6.07 Å². The van der Waals surface area contributed by atoms with Crippen LogP contribution in [0.5, 0.6) is 11.5 Å². The van der Waals surface area contributed by atoms with Gasteiger partial charge in [0.15, 0.2) is 11.5 Å². The molecule has 0 radical (unpaired) electrons. The zero-order valence-corrected chi connectivity index (χ0v) is 10.2. The van der Waals surface area contributed by atoms with Crippen molar-refractivity contribution in [2.45, 2.75) is 12.6 Å². The van der Waals surface area contributed by atoms with Crippen molar-refractivity contribution in [2.75, 3.05) is 19.8 Å². The van der Waals surface area contributed by atoms with E-state index in [1.807, 2.05) is 0 Å². The van der Waals surface area contributed by atoms with E-state index in [-0.39, 0.29) is 37.1 Å². The molecule has 0 atom stereocenters. The molecule has 102 valence electrons. The van der Waals surface area contributed by atoms with Gasteiger partial charge in [-0.25, -0.2) is 0 Å². The molecular formula is C11H13ClF3NO2. The van der Waals surface area contributed by atoms with Crippen LogP contribution in [0, 0.1) is 0 Å². The second-order valence-electron chi connectivity index (χ2n) is 3.66. The Balaban J connectivity index is 0.00000162. The van der Waals surface area contributed by atoms with Crippen LogP contribution in [0.25, 0.3) is 0 Å². The van der Waals surface area contributed by atoms with E-state index in [2.05, 4.69) is 0 Å². The summed E-state index contributed by atoms with van der Waals surface area (Å²) in [6.45, 7) is 0.731. The third kappa shape index (κ3) is 2.81. The maximum atomic E-state index is 12.7. The number of rotatable bonds is 2. The second kappa shape index (κ2) is 5.67. The lowest BCUT2D eigenvalue weighted by Gasteiger charge is -2.24. The molecule has 0 unspecified atom stereocenters. The maximum Gasteiger partial charge on any atom is 0.420 e. The van der Waals surface area contributed by atoms with E-state index < -0.39 is 11.7 Å². The number of benzene rings is 1. The molecule has 0 fully saturated rings. The van der Waals surface area contributed by atoms with E-state index in [0.29, 0.717) is 18.5 Å². The Kier molecular flexibility index (Phi) is 4.70. The quantitative estimate of drug-likeness (QED) is 0.906. The van der Waals surface area contributed by atoms with Crippen LogP contribution in [0.2, 0.25) is 0 Å². The van der Waals surface area contributed by atoms with E-state index in [0.717, 1.165) is 6.07 Å². The minimum Gasteiger partial charge on any atom is -0.486 e. The molecule has 1 aromatic carbocycles. The number of fused-ring (bicyclic) bond motifs is 1. The number of nitrogens with two attached hydrogens (primary N) is 1. The minimum atomic E-state index is -4.44. The Hall–Kier alpha value is -1.14. The predicted molar refractivity (Wildman–Crippen MR) is 62.4 cm³/mol. The molecule has 0 bridgehead atoms. The van der Waals surface area contributed by atoms with Crippen LogP contribution in [0.1, 0.15) is 11.1 Å². The molecule has 3 nitrogen and oxygen atoms in total. The van der Waals surface area contributed by atoms with Gasteiger partial charge in [-0.3, -0.25) is 0 Å². The first kappa shape index (κ1) is 14.9. The minimum absolute atomic E-state index is 0. The molecular weight excluding hydrogens is 271 g/mol. The predicted octanol–water partition coefficient (Wildman–Crippen LogP) is 2.40. The second-order valence-corrected chi connectivity index (χ2v) is 3.66. The Morgan fingerprint density at radius 1 is 1.11 bits per heavy atom. The summed E-state index contributed by atoms with van der Waals surface area (Å²) < 4.78 is 48.5. The fourth-order valence-corrected chi connectivity index (χ4v) is 1.77. The van der Waals surface area contributed by atoms with Crippen LogP contribution >= 0.6 is 12.4 Å². The van der Waals surface area contributed by atoms with Crippen molar-refractivity contribution in [1.29, 1.82) is 0 Å². The van der Waals surface area contributed by atoms with E-state index >= 15 is 0 Å². The molecule has 1 aliphatic rings. The fourth-order valence-electron chi connectivity index (χ4n) is 1.77. The topological polar surface area (TPSA) is 44.5 Å². The van der Waals surface area contributed by atoms with Gasteiger partial charge in [0.05, 0.1) is 0 Å². The first-order valence-electron chi connectivity index (χ1n) is 5.23. The highest BCUT2D eigenvalue weighted by atomic mass is 35.5. The lowest BCUT2D eigenvalue weighted by molar-refractivity contribution is -0.139. The highest BCUT2D eigenvalue weighted by Gasteiger charge is 2.37. The molecule has 0 amide bonds. The van der Waals surface area contributed by atoms with Gasteiger partial charge in [0.25, 0.3) is 0 Å². The standard InChI is InChI=1S/C11H12F3NO2.ClH/c12-11(13,14)8-2-1-7(3-4-15)9-10(8)17-6-5-16-9;/h1-2H,3-6,15H2;1H. The third-order valence-electron chi connectivity index (χ3n) is 2.49. The summed E-state index contributed by atoms with van der Waals surface area (Å²) in [5.74, 6) is -0.0359. The Bertz CT molecular complexity index is 423. The fraction of sp³-hybridized carbons (Fsp3) is 0.455. The van der Waals surface area contributed by atoms with Crippen molar-refractivity contribution < 1.29 is 22.6 Å². The monoisotopic (exact) mass is 283 g/mol. The number of halogens is 4. The van der Waals surface area contributed by atoms with Crippen molar-refractivity contribution >= 4 is 12.4 Å². The zero-order valence-electron chi connectivity index (χ0n) is 9.42. The normalized spacial score (nSPS) is 14.0. The number of ether oxygens (including phenoxy) is 2. The first-order chi connectivity index (χ1) is 8.04. The van der Waals surface area contributed by atoms with Gasteiger partial charge in [0.1, 0.15) is 18.8 Å². The summed E-state index contributed by atoms with van der Waals surface area (Å²) in [6, 6.07) is 2.40. The highest BCUT2D eigenvalue weighted by Crippen LogP contribution is 2.44. The average Bonchev–Trinajstić information content (AvgIpc) is 2.28. The molecule has 0 saturated heterocycles. The van der Waals surface area contributed by atoms with Gasteiger partial charge in [-0.15, -0.1) is 12.4 Å². The van der Waals surface area contributed by atoms with Crippen LogP contribution in [0.3, 0.4) is 0 Å². The van der Waals surface area contributed by atoms with Crippen molar-refractivity contribution in [2.24, 2.45) is 5.73 Å².